The molecule has 0 rings (SSSR count). The van der Waals surface area contributed by atoms with Crippen LogP contribution in [0.3, 0.4) is 0 Å². The van der Waals surface area contributed by atoms with Crippen LogP contribution >= 0.6 is 0 Å². The molecule has 0 aliphatic heterocycles. The average Bonchev–Trinajstić information content (AvgIpc) is 2.09. The Morgan fingerprint density at radius 1 is 1.29 bits per heavy atom. The third-order valence-electron chi connectivity index (χ3n) is 1.20. The lowest BCUT2D eigenvalue weighted by atomic mass is 10.2. The van der Waals surface area contributed by atoms with E-state index in [1.165, 1.54) is 0 Å². The summed E-state index contributed by atoms with van der Waals surface area (Å²) in [5, 5.41) is 7.95. The maximum atomic E-state index is 10.8. The fraction of sp³-hybridized carbons (Fsp3) is 0.500. The predicted molar refractivity (Wildman–Crippen MR) is 41.6 cm³/mol. The number of hydrogen-bond donors (Lipinski definition) is 3. The van der Waals surface area contributed by atoms with Crippen molar-refractivity contribution < 1.29 is 29.3 Å². The van der Waals surface area contributed by atoms with Gasteiger partial charge >= 0.3 is 12.1 Å². The molecule has 0 aromatic carbocycles. The molecule has 0 radical (unpaired) electrons. The van der Waals surface area contributed by atoms with Crippen molar-refractivity contribution in [2.24, 2.45) is 11.5 Å². The lowest BCUT2D eigenvalue weighted by molar-refractivity contribution is -0.242. The summed E-state index contributed by atoms with van der Waals surface area (Å²) in [6.45, 7) is 0. The molecule has 0 aliphatic carbocycles. The van der Waals surface area contributed by atoms with Crippen molar-refractivity contribution >= 4 is 18.0 Å². The number of hydrogen-bond acceptors (Lipinski definition) is 6. The van der Waals surface area contributed by atoms with Crippen LogP contribution < -0.4 is 11.5 Å². The second-order valence-corrected chi connectivity index (χ2v) is 2.36. The molecule has 0 aliphatic rings. The first-order valence-corrected chi connectivity index (χ1v) is 3.58. The van der Waals surface area contributed by atoms with Crippen molar-refractivity contribution in [2.45, 2.75) is 18.9 Å². The Morgan fingerprint density at radius 2 is 1.86 bits per heavy atom. The van der Waals surface area contributed by atoms with Crippen LogP contribution in [0.25, 0.3) is 0 Å². The molecule has 0 saturated heterocycles. The minimum atomic E-state index is -1.76. The van der Waals surface area contributed by atoms with Crippen molar-refractivity contribution in [1.82, 2.24) is 0 Å². The standard InChI is InChI=1S/C6H10N2O6/c7-3(1-2-4(8)9)5(10)13-14-6(11)12/h3H,1-2,7H2,(H2,8,9)(H,11,12). The monoisotopic (exact) mass is 206 g/mol. The zero-order valence-corrected chi connectivity index (χ0v) is 7.13. The first-order valence-electron chi connectivity index (χ1n) is 3.58. The van der Waals surface area contributed by atoms with Gasteiger partial charge in [-0.15, -0.1) is 0 Å². The van der Waals surface area contributed by atoms with Crippen LogP contribution in [0.5, 0.6) is 0 Å². The van der Waals surface area contributed by atoms with E-state index in [1.54, 1.807) is 0 Å². The van der Waals surface area contributed by atoms with E-state index in [2.05, 4.69) is 9.78 Å². The lowest BCUT2D eigenvalue weighted by Crippen LogP contribution is -2.33. The summed E-state index contributed by atoms with van der Waals surface area (Å²) < 4.78 is 0. The van der Waals surface area contributed by atoms with Crippen molar-refractivity contribution in [1.29, 1.82) is 0 Å². The molecule has 0 fully saturated rings. The number of rotatable bonds is 4. The Hall–Kier alpha value is -1.83. The molecule has 1 unspecified atom stereocenters. The Bertz CT molecular complexity index is 240. The highest BCUT2D eigenvalue weighted by atomic mass is 17.2. The van der Waals surface area contributed by atoms with Crippen LogP contribution in [0, 0.1) is 0 Å². The number of carbonyl (C=O) groups excluding carboxylic acids is 2. The molecule has 80 valence electrons. The second-order valence-electron chi connectivity index (χ2n) is 2.36. The van der Waals surface area contributed by atoms with Crippen LogP contribution in [0.15, 0.2) is 0 Å². The summed E-state index contributed by atoms with van der Waals surface area (Å²) in [4.78, 5) is 38.1. The van der Waals surface area contributed by atoms with Gasteiger partial charge < -0.3 is 16.6 Å². The molecule has 0 bridgehead atoms. The Labute approximate surface area is 78.7 Å². The van der Waals surface area contributed by atoms with E-state index in [4.69, 9.17) is 16.6 Å². The molecule has 0 aromatic heterocycles. The molecule has 8 heteroatoms. The Balaban J connectivity index is 3.76. The third kappa shape index (κ3) is 5.77. The van der Waals surface area contributed by atoms with Crippen LogP contribution in [-0.4, -0.2) is 29.2 Å². The molecule has 5 N–H and O–H groups in total. The maximum Gasteiger partial charge on any atom is 0.547 e. The molecule has 1 amide bonds. The Morgan fingerprint density at radius 3 is 2.29 bits per heavy atom. The molecular formula is C6H10N2O6. The number of amides is 1. The van der Waals surface area contributed by atoms with Crippen molar-refractivity contribution in [3.05, 3.63) is 0 Å². The van der Waals surface area contributed by atoms with Gasteiger partial charge in [-0.3, -0.25) is 4.79 Å². The number of carboxylic acid groups (broad SMARTS) is 1. The smallest absolute Gasteiger partial charge is 0.447 e. The van der Waals surface area contributed by atoms with Crippen molar-refractivity contribution in [3.8, 4) is 0 Å². The van der Waals surface area contributed by atoms with Gasteiger partial charge in [0, 0.05) is 6.42 Å². The van der Waals surface area contributed by atoms with Gasteiger partial charge in [-0.1, -0.05) is 0 Å². The number of nitrogens with two attached hydrogens (primary N) is 2. The van der Waals surface area contributed by atoms with Gasteiger partial charge in [0.05, 0.1) is 0 Å². The highest BCUT2D eigenvalue weighted by molar-refractivity contribution is 5.78. The van der Waals surface area contributed by atoms with Gasteiger partial charge in [0.2, 0.25) is 5.91 Å². The van der Waals surface area contributed by atoms with Gasteiger partial charge in [-0.05, 0) is 6.42 Å². The highest BCUT2D eigenvalue weighted by Gasteiger charge is 2.18. The summed E-state index contributed by atoms with van der Waals surface area (Å²) in [7, 11) is 0. The average molecular weight is 206 g/mol. The van der Waals surface area contributed by atoms with Crippen LogP contribution in [-0.2, 0) is 19.4 Å². The summed E-state index contributed by atoms with van der Waals surface area (Å²) >= 11 is 0. The largest absolute Gasteiger partial charge is 0.547 e. The normalized spacial score (nSPS) is 11.5. The zero-order chi connectivity index (χ0) is 11.1. The SMILES string of the molecule is NC(=O)CCC(N)C(=O)OOC(=O)O. The minimum Gasteiger partial charge on any atom is -0.447 e. The van der Waals surface area contributed by atoms with E-state index in [9.17, 15) is 14.4 Å². The molecule has 0 aromatic rings. The van der Waals surface area contributed by atoms with E-state index in [0.29, 0.717) is 0 Å². The summed E-state index contributed by atoms with van der Waals surface area (Å²) in [6.07, 6.45) is -1.89. The second kappa shape index (κ2) is 5.75. The fourth-order valence-corrected chi connectivity index (χ4v) is 0.554. The van der Waals surface area contributed by atoms with Crippen LogP contribution in [0.4, 0.5) is 4.79 Å². The quantitative estimate of drug-likeness (QED) is 0.384. The molecule has 1 atom stereocenters. The van der Waals surface area contributed by atoms with Crippen molar-refractivity contribution in [2.75, 3.05) is 0 Å². The van der Waals surface area contributed by atoms with Gasteiger partial charge in [-0.25, -0.2) is 19.4 Å². The van der Waals surface area contributed by atoms with E-state index >= 15 is 0 Å². The summed E-state index contributed by atoms with van der Waals surface area (Å²) in [5.41, 5.74) is 9.99. The first kappa shape index (κ1) is 12.2. The molecule has 8 nitrogen and oxygen atoms in total. The van der Waals surface area contributed by atoms with E-state index < -0.39 is 24.1 Å². The van der Waals surface area contributed by atoms with E-state index in [-0.39, 0.29) is 12.8 Å². The molecule has 14 heavy (non-hydrogen) atoms. The van der Waals surface area contributed by atoms with Gasteiger partial charge in [0.25, 0.3) is 0 Å². The van der Waals surface area contributed by atoms with E-state index in [0.717, 1.165) is 0 Å². The predicted octanol–water partition coefficient (Wildman–Crippen LogP) is -1.27. The van der Waals surface area contributed by atoms with Crippen LogP contribution in [0.2, 0.25) is 0 Å². The Kier molecular flexibility index (Phi) is 5.00. The topological polar surface area (TPSA) is 142 Å². The third-order valence-corrected chi connectivity index (χ3v) is 1.20. The minimum absolute atomic E-state index is 0.0306. The fourth-order valence-electron chi connectivity index (χ4n) is 0.554. The van der Waals surface area contributed by atoms with Gasteiger partial charge in [0.1, 0.15) is 6.04 Å². The first-order chi connectivity index (χ1) is 6.43. The maximum absolute atomic E-state index is 10.8. The van der Waals surface area contributed by atoms with Gasteiger partial charge in [-0.2, -0.15) is 0 Å². The van der Waals surface area contributed by atoms with E-state index in [1.807, 2.05) is 0 Å². The van der Waals surface area contributed by atoms with Crippen LogP contribution in [0.1, 0.15) is 12.8 Å². The number of carbonyl (C=O) groups is 3. The molecular weight excluding hydrogens is 196 g/mol. The summed E-state index contributed by atoms with van der Waals surface area (Å²) in [5.74, 6) is -1.69. The lowest BCUT2D eigenvalue weighted by Gasteiger charge is -2.06. The highest BCUT2D eigenvalue weighted by Crippen LogP contribution is 1.97. The van der Waals surface area contributed by atoms with Gasteiger partial charge in [0.15, 0.2) is 0 Å². The molecule has 0 heterocycles. The van der Waals surface area contributed by atoms with Crippen molar-refractivity contribution in [3.63, 3.8) is 0 Å². The molecule has 0 spiro atoms. The summed E-state index contributed by atoms with van der Waals surface area (Å²) in [6, 6.07) is -1.14. The number of primary amides is 1. The zero-order valence-electron chi connectivity index (χ0n) is 7.13. The molecule has 0 saturated carbocycles.